The van der Waals surface area contributed by atoms with E-state index in [0.717, 1.165) is 0 Å². The summed E-state index contributed by atoms with van der Waals surface area (Å²) in [5.41, 5.74) is 0.929. The third-order valence-corrected chi connectivity index (χ3v) is 4.45. The van der Waals surface area contributed by atoms with Gasteiger partial charge >= 0.3 is 6.01 Å². The summed E-state index contributed by atoms with van der Waals surface area (Å²) in [5.74, 6) is -0.152. The van der Waals surface area contributed by atoms with E-state index < -0.39 is 0 Å². The number of hydrogen-bond donors (Lipinski definition) is 0. The first-order valence-electron chi connectivity index (χ1n) is 8.79. The predicted octanol–water partition coefficient (Wildman–Crippen LogP) is 1.62. The minimum atomic E-state index is -0.236. The number of benzene rings is 2. The quantitative estimate of drug-likeness (QED) is 0.703. The molecule has 0 saturated carbocycles. The van der Waals surface area contributed by atoms with Crippen LogP contribution in [0.2, 0.25) is 0 Å². The first kappa shape index (κ1) is 17.2. The van der Waals surface area contributed by atoms with Crippen LogP contribution >= 0.6 is 0 Å². The summed E-state index contributed by atoms with van der Waals surface area (Å²) in [6.45, 7) is 1.94. The Bertz CT molecular complexity index is 1010. The largest absolute Gasteiger partial charge is 0.454 e. The Morgan fingerprint density at radius 1 is 1.04 bits per heavy atom. The van der Waals surface area contributed by atoms with E-state index in [1.165, 1.54) is 4.57 Å². The van der Waals surface area contributed by atoms with Gasteiger partial charge in [0.15, 0.2) is 6.61 Å². The minimum Gasteiger partial charge on any atom is -0.454 e. The molecule has 2 aromatic carbocycles. The van der Waals surface area contributed by atoms with E-state index in [0.29, 0.717) is 42.9 Å². The van der Waals surface area contributed by atoms with Crippen LogP contribution in [0.1, 0.15) is 0 Å². The standard InChI is InChI=1S/C20H19N3O4/c24-18(22-10-12-26-13-11-22)14-27-20-21-17-9-5-4-8-16(17)19(25)23(20)15-6-2-1-3-7-15/h1-9H,10-14H2. The summed E-state index contributed by atoms with van der Waals surface area (Å²) >= 11 is 0. The third kappa shape index (κ3) is 3.54. The molecular formula is C20H19N3O4. The number of morpholine rings is 1. The van der Waals surface area contributed by atoms with Crippen molar-refractivity contribution in [2.75, 3.05) is 32.9 Å². The van der Waals surface area contributed by atoms with Crippen LogP contribution in [0.4, 0.5) is 0 Å². The summed E-state index contributed by atoms with van der Waals surface area (Å²) in [6, 6.07) is 16.3. The van der Waals surface area contributed by atoms with Gasteiger partial charge in [-0.05, 0) is 24.3 Å². The molecule has 0 radical (unpaired) electrons. The molecule has 0 atom stereocenters. The van der Waals surface area contributed by atoms with Crippen LogP contribution < -0.4 is 10.3 Å². The molecule has 4 rings (SSSR count). The van der Waals surface area contributed by atoms with Gasteiger partial charge in [0, 0.05) is 13.1 Å². The average Bonchev–Trinajstić information content (AvgIpc) is 2.73. The van der Waals surface area contributed by atoms with Gasteiger partial charge in [-0.15, -0.1) is 0 Å². The maximum Gasteiger partial charge on any atom is 0.305 e. The van der Waals surface area contributed by atoms with Gasteiger partial charge in [-0.1, -0.05) is 30.3 Å². The van der Waals surface area contributed by atoms with E-state index in [4.69, 9.17) is 9.47 Å². The van der Waals surface area contributed by atoms with Gasteiger partial charge in [-0.2, -0.15) is 4.98 Å². The van der Waals surface area contributed by atoms with E-state index >= 15 is 0 Å². The molecule has 1 amide bonds. The lowest BCUT2D eigenvalue weighted by atomic mass is 10.2. The number of carbonyl (C=O) groups excluding carboxylic acids is 1. The summed E-state index contributed by atoms with van der Waals surface area (Å²) in [4.78, 5) is 31.6. The van der Waals surface area contributed by atoms with Crippen molar-refractivity contribution in [3.8, 4) is 11.7 Å². The van der Waals surface area contributed by atoms with E-state index in [1.54, 1.807) is 35.2 Å². The number of fused-ring (bicyclic) bond motifs is 1. The molecule has 1 aliphatic heterocycles. The molecule has 0 aliphatic carbocycles. The molecule has 3 aromatic rings. The molecule has 1 fully saturated rings. The Morgan fingerprint density at radius 2 is 1.74 bits per heavy atom. The smallest absolute Gasteiger partial charge is 0.305 e. The van der Waals surface area contributed by atoms with Crippen LogP contribution in [0, 0.1) is 0 Å². The second kappa shape index (κ2) is 7.59. The summed E-state index contributed by atoms with van der Waals surface area (Å²) in [5, 5.41) is 0.494. The molecule has 1 aliphatic rings. The van der Waals surface area contributed by atoms with Crippen LogP contribution in [-0.2, 0) is 9.53 Å². The molecule has 0 unspecified atom stereocenters. The lowest BCUT2D eigenvalue weighted by molar-refractivity contribution is -0.137. The fourth-order valence-electron chi connectivity index (χ4n) is 3.04. The van der Waals surface area contributed by atoms with Crippen LogP contribution in [-0.4, -0.2) is 53.3 Å². The zero-order valence-electron chi connectivity index (χ0n) is 14.7. The van der Waals surface area contributed by atoms with Crippen molar-refractivity contribution >= 4 is 16.8 Å². The number of hydrogen-bond acceptors (Lipinski definition) is 5. The SMILES string of the molecule is O=C(COc1nc2ccccc2c(=O)n1-c1ccccc1)N1CCOCC1. The summed E-state index contributed by atoms with van der Waals surface area (Å²) in [7, 11) is 0. The number of nitrogens with zero attached hydrogens (tertiary/aromatic N) is 3. The second-order valence-electron chi connectivity index (χ2n) is 6.17. The molecule has 0 N–H and O–H groups in total. The number of carbonyl (C=O) groups is 1. The lowest BCUT2D eigenvalue weighted by Crippen LogP contribution is -2.43. The van der Waals surface area contributed by atoms with Gasteiger partial charge in [-0.3, -0.25) is 9.59 Å². The summed E-state index contributed by atoms with van der Waals surface area (Å²) in [6.07, 6.45) is 0. The van der Waals surface area contributed by atoms with Crippen LogP contribution in [0.5, 0.6) is 6.01 Å². The normalized spacial score (nSPS) is 14.3. The van der Waals surface area contributed by atoms with Gasteiger partial charge in [0.2, 0.25) is 0 Å². The van der Waals surface area contributed by atoms with E-state index in [1.807, 2.05) is 24.3 Å². The third-order valence-electron chi connectivity index (χ3n) is 4.45. The molecule has 1 saturated heterocycles. The number of rotatable bonds is 4. The van der Waals surface area contributed by atoms with Gasteiger partial charge in [-0.25, -0.2) is 4.57 Å². The molecule has 27 heavy (non-hydrogen) atoms. The molecule has 138 valence electrons. The van der Waals surface area contributed by atoms with Crippen molar-refractivity contribution in [2.24, 2.45) is 0 Å². The molecule has 1 aromatic heterocycles. The number of amides is 1. The highest BCUT2D eigenvalue weighted by atomic mass is 16.5. The van der Waals surface area contributed by atoms with Crippen LogP contribution in [0.3, 0.4) is 0 Å². The maximum atomic E-state index is 13.0. The Hall–Kier alpha value is -3.19. The minimum absolute atomic E-state index is 0.103. The molecule has 0 bridgehead atoms. The lowest BCUT2D eigenvalue weighted by Gasteiger charge is -2.26. The fourth-order valence-corrected chi connectivity index (χ4v) is 3.04. The van der Waals surface area contributed by atoms with Crippen molar-refractivity contribution in [1.82, 2.24) is 14.5 Å². The molecule has 7 heteroatoms. The summed E-state index contributed by atoms with van der Waals surface area (Å²) < 4.78 is 12.4. The van der Waals surface area contributed by atoms with E-state index in [-0.39, 0.29) is 24.1 Å². The van der Waals surface area contributed by atoms with Gasteiger partial charge in [0.05, 0.1) is 29.8 Å². The van der Waals surface area contributed by atoms with Crippen molar-refractivity contribution in [3.63, 3.8) is 0 Å². The fraction of sp³-hybridized carbons (Fsp3) is 0.250. The Morgan fingerprint density at radius 3 is 2.52 bits per heavy atom. The molecule has 2 heterocycles. The Labute approximate surface area is 155 Å². The topological polar surface area (TPSA) is 73.7 Å². The first-order chi connectivity index (χ1) is 13.2. The van der Waals surface area contributed by atoms with Crippen molar-refractivity contribution < 1.29 is 14.3 Å². The Balaban J connectivity index is 1.70. The van der Waals surface area contributed by atoms with E-state index in [2.05, 4.69) is 4.98 Å². The highest BCUT2D eigenvalue weighted by Crippen LogP contribution is 2.17. The van der Waals surface area contributed by atoms with Crippen LogP contribution in [0.25, 0.3) is 16.6 Å². The van der Waals surface area contributed by atoms with Gasteiger partial charge in [0.1, 0.15) is 0 Å². The van der Waals surface area contributed by atoms with Crippen molar-refractivity contribution in [2.45, 2.75) is 0 Å². The van der Waals surface area contributed by atoms with Gasteiger partial charge < -0.3 is 14.4 Å². The second-order valence-corrected chi connectivity index (χ2v) is 6.17. The first-order valence-corrected chi connectivity index (χ1v) is 8.79. The van der Waals surface area contributed by atoms with Gasteiger partial charge in [0.25, 0.3) is 11.5 Å². The van der Waals surface area contributed by atoms with E-state index in [9.17, 15) is 9.59 Å². The maximum absolute atomic E-state index is 13.0. The molecule has 0 spiro atoms. The number of aromatic nitrogens is 2. The zero-order chi connectivity index (χ0) is 18.6. The number of para-hydroxylation sites is 2. The van der Waals surface area contributed by atoms with Crippen molar-refractivity contribution in [3.05, 3.63) is 65.0 Å². The Kier molecular flexibility index (Phi) is 4.84. The predicted molar refractivity (Wildman–Crippen MR) is 100 cm³/mol. The molecular weight excluding hydrogens is 346 g/mol. The number of ether oxygens (including phenoxy) is 2. The monoisotopic (exact) mass is 365 g/mol. The highest BCUT2D eigenvalue weighted by Gasteiger charge is 2.19. The highest BCUT2D eigenvalue weighted by molar-refractivity contribution is 5.79. The average molecular weight is 365 g/mol. The molecule has 7 nitrogen and oxygen atoms in total. The van der Waals surface area contributed by atoms with Crippen molar-refractivity contribution in [1.29, 1.82) is 0 Å². The zero-order valence-corrected chi connectivity index (χ0v) is 14.7. The van der Waals surface area contributed by atoms with Crippen LogP contribution in [0.15, 0.2) is 59.4 Å².